The van der Waals surface area contributed by atoms with E-state index in [1.807, 2.05) is 6.07 Å². The Labute approximate surface area is 111 Å². The number of rotatable bonds is 6. The van der Waals surface area contributed by atoms with Crippen molar-refractivity contribution in [2.45, 2.75) is 18.6 Å². The standard InChI is InChI=1S/C12H18BNO5/c14-6-11-9-2-1-3-10(12(9)13(17)19-11)18-5-4-8(16)7-15/h1-3,8,11,15-17H,4-7,14H2/t8-,11?/m0/s1. The van der Waals surface area contributed by atoms with Crippen LogP contribution in [-0.4, -0.2) is 48.2 Å². The molecule has 7 heteroatoms. The van der Waals surface area contributed by atoms with Crippen LogP contribution in [0.3, 0.4) is 0 Å². The molecule has 5 N–H and O–H groups in total. The summed E-state index contributed by atoms with van der Waals surface area (Å²) in [5, 5.41) is 27.8. The van der Waals surface area contributed by atoms with E-state index in [-0.39, 0.29) is 25.9 Å². The quantitative estimate of drug-likeness (QED) is 0.469. The van der Waals surface area contributed by atoms with Crippen LogP contribution in [0.2, 0.25) is 0 Å². The Bertz CT molecular complexity index is 431. The number of ether oxygens (including phenoxy) is 1. The first-order valence-electron chi connectivity index (χ1n) is 6.25. The molecule has 2 rings (SSSR count). The number of aliphatic hydroxyl groups is 2. The second kappa shape index (κ2) is 6.36. The third-order valence-electron chi connectivity index (χ3n) is 3.12. The number of fused-ring (bicyclic) bond motifs is 1. The lowest BCUT2D eigenvalue weighted by atomic mass is 9.78. The van der Waals surface area contributed by atoms with E-state index in [2.05, 4.69) is 0 Å². The highest BCUT2D eigenvalue weighted by Gasteiger charge is 2.37. The van der Waals surface area contributed by atoms with E-state index in [0.29, 0.717) is 17.6 Å². The van der Waals surface area contributed by atoms with Crippen LogP contribution in [0.25, 0.3) is 0 Å². The smallest absolute Gasteiger partial charge is 0.494 e. The molecule has 6 nitrogen and oxygen atoms in total. The van der Waals surface area contributed by atoms with Crippen LogP contribution < -0.4 is 15.9 Å². The van der Waals surface area contributed by atoms with Gasteiger partial charge >= 0.3 is 7.12 Å². The molecule has 1 heterocycles. The second-order valence-electron chi connectivity index (χ2n) is 4.45. The maximum Gasteiger partial charge on any atom is 0.495 e. The lowest BCUT2D eigenvalue weighted by Gasteiger charge is -2.12. The molecule has 1 aliphatic rings. The van der Waals surface area contributed by atoms with Crippen molar-refractivity contribution in [3.63, 3.8) is 0 Å². The fourth-order valence-electron chi connectivity index (χ4n) is 2.11. The zero-order valence-corrected chi connectivity index (χ0v) is 10.5. The summed E-state index contributed by atoms with van der Waals surface area (Å²) in [6.07, 6.45) is -0.802. The molecule has 0 spiro atoms. The SMILES string of the molecule is NCC1OB(O)c2c(OCC[C@H](O)CO)cccc21. The summed E-state index contributed by atoms with van der Waals surface area (Å²) in [4.78, 5) is 0. The second-order valence-corrected chi connectivity index (χ2v) is 4.45. The van der Waals surface area contributed by atoms with Crippen molar-refractivity contribution in [1.82, 2.24) is 0 Å². The Morgan fingerprint density at radius 1 is 1.47 bits per heavy atom. The van der Waals surface area contributed by atoms with Gasteiger partial charge in [-0.3, -0.25) is 0 Å². The Kier molecular flexibility index (Phi) is 4.78. The number of aliphatic hydroxyl groups excluding tert-OH is 2. The normalized spacial score (nSPS) is 19.4. The molecule has 0 aromatic heterocycles. The van der Waals surface area contributed by atoms with Crippen LogP contribution in [0.4, 0.5) is 0 Å². The van der Waals surface area contributed by atoms with Gasteiger partial charge in [0.25, 0.3) is 0 Å². The predicted octanol–water partition coefficient (Wildman–Crippen LogP) is -1.47. The molecule has 104 valence electrons. The number of nitrogens with two attached hydrogens (primary N) is 1. The molecule has 0 radical (unpaired) electrons. The Balaban J connectivity index is 2.08. The third-order valence-corrected chi connectivity index (χ3v) is 3.12. The Morgan fingerprint density at radius 2 is 2.26 bits per heavy atom. The first-order valence-corrected chi connectivity index (χ1v) is 6.25. The fraction of sp³-hybridized carbons (Fsp3) is 0.500. The zero-order chi connectivity index (χ0) is 13.8. The number of benzene rings is 1. The molecular formula is C12H18BNO5. The molecule has 0 saturated heterocycles. The molecule has 1 aromatic carbocycles. The van der Waals surface area contributed by atoms with Gasteiger partial charge in [-0.15, -0.1) is 0 Å². The Morgan fingerprint density at radius 3 is 2.95 bits per heavy atom. The Hall–Kier alpha value is -1.12. The summed E-state index contributed by atoms with van der Waals surface area (Å²) >= 11 is 0. The minimum atomic E-state index is -1.04. The summed E-state index contributed by atoms with van der Waals surface area (Å²) < 4.78 is 10.9. The molecule has 1 aromatic rings. The van der Waals surface area contributed by atoms with Crippen LogP contribution in [0.1, 0.15) is 18.1 Å². The van der Waals surface area contributed by atoms with Gasteiger partial charge in [0.05, 0.1) is 25.4 Å². The maximum absolute atomic E-state index is 9.87. The summed E-state index contributed by atoms with van der Waals surface area (Å²) in [5.74, 6) is 0.520. The average molecular weight is 267 g/mol. The number of hydrogen-bond donors (Lipinski definition) is 4. The maximum atomic E-state index is 9.87. The monoisotopic (exact) mass is 267 g/mol. The van der Waals surface area contributed by atoms with Gasteiger partial charge in [-0.2, -0.15) is 0 Å². The molecular weight excluding hydrogens is 249 g/mol. The molecule has 2 atom stereocenters. The van der Waals surface area contributed by atoms with E-state index in [9.17, 15) is 10.1 Å². The van der Waals surface area contributed by atoms with Gasteiger partial charge in [0.2, 0.25) is 0 Å². The molecule has 0 bridgehead atoms. The molecule has 19 heavy (non-hydrogen) atoms. The van der Waals surface area contributed by atoms with Gasteiger partial charge in [-0.05, 0) is 11.6 Å². The van der Waals surface area contributed by atoms with Crippen LogP contribution in [0.5, 0.6) is 5.75 Å². The van der Waals surface area contributed by atoms with Gasteiger partial charge in [0.1, 0.15) is 5.75 Å². The van der Waals surface area contributed by atoms with Gasteiger partial charge in [0.15, 0.2) is 0 Å². The first kappa shape index (κ1) is 14.3. The highest BCUT2D eigenvalue weighted by Crippen LogP contribution is 2.26. The van der Waals surface area contributed by atoms with E-state index < -0.39 is 13.2 Å². The van der Waals surface area contributed by atoms with Crippen molar-refractivity contribution in [2.75, 3.05) is 19.8 Å². The molecule has 0 saturated carbocycles. The van der Waals surface area contributed by atoms with Gasteiger partial charge < -0.3 is 30.4 Å². The minimum absolute atomic E-state index is 0.248. The highest BCUT2D eigenvalue weighted by molar-refractivity contribution is 6.62. The van der Waals surface area contributed by atoms with E-state index in [0.717, 1.165) is 5.56 Å². The van der Waals surface area contributed by atoms with Crippen molar-refractivity contribution in [1.29, 1.82) is 0 Å². The third kappa shape index (κ3) is 3.07. The first-order chi connectivity index (χ1) is 9.17. The van der Waals surface area contributed by atoms with Crippen molar-refractivity contribution >= 4 is 12.6 Å². The van der Waals surface area contributed by atoms with Crippen molar-refractivity contribution < 1.29 is 24.6 Å². The van der Waals surface area contributed by atoms with E-state index in [4.69, 9.17) is 20.2 Å². The van der Waals surface area contributed by atoms with Gasteiger partial charge in [-0.1, -0.05) is 12.1 Å². The summed E-state index contributed by atoms with van der Waals surface area (Å²) in [5.41, 5.74) is 7.00. The molecule has 1 aliphatic heterocycles. The molecule has 0 aliphatic carbocycles. The lowest BCUT2D eigenvalue weighted by molar-refractivity contribution is 0.0755. The summed E-state index contributed by atoms with van der Waals surface area (Å²) in [6, 6.07) is 5.38. The summed E-state index contributed by atoms with van der Waals surface area (Å²) in [7, 11) is -1.04. The van der Waals surface area contributed by atoms with Crippen LogP contribution in [0.15, 0.2) is 18.2 Å². The molecule has 1 unspecified atom stereocenters. The fourth-order valence-corrected chi connectivity index (χ4v) is 2.11. The highest BCUT2D eigenvalue weighted by atomic mass is 16.5. The predicted molar refractivity (Wildman–Crippen MR) is 70.1 cm³/mol. The molecule has 0 amide bonds. The van der Waals surface area contributed by atoms with Crippen molar-refractivity contribution in [3.05, 3.63) is 23.8 Å². The van der Waals surface area contributed by atoms with Gasteiger partial charge in [0, 0.05) is 18.4 Å². The van der Waals surface area contributed by atoms with Crippen molar-refractivity contribution in [2.24, 2.45) is 5.73 Å². The average Bonchev–Trinajstić information content (AvgIpc) is 2.76. The van der Waals surface area contributed by atoms with E-state index in [1.54, 1.807) is 12.1 Å². The zero-order valence-electron chi connectivity index (χ0n) is 10.5. The minimum Gasteiger partial charge on any atom is -0.494 e. The largest absolute Gasteiger partial charge is 0.495 e. The van der Waals surface area contributed by atoms with Gasteiger partial charge in [-0.25, -0.2) is 0 Å². The number of hydrogen-bond acceptors (Lipinski definition) is 6. The van der Waals surface area contributed by atoms with E-state index >= 15 is 0 Å². The van der Waals surface area contributed by atoms with E-state index in [1.165, 1.54) is 0 Å². The van der Waals surface area contributed by atoms with Crippen LogP contribution in [0, 0.1) is 0 Å². The topological polar surface area (TPSA) is 105 Å². The summed E-state index contributed by atoms with van der Waals surface area (Å²) in [6.45, 7) is 0.242. The molecule has 0 fully saturated rings. The van der Waals surface area contributed by atoms with Crippen molar-refractivity contribution in [3.8, 4) is 5.75 Å². The lowest BCUT2D eigenvalue weighted by Crippen LogP contribution is -2.30. The van der Waals surface area contributed by atoms with Crippen LogP contribution in [-0.2, 0) is 4.65 Å². The van der Waals surface area contributed by atoms with Crippen LogP contribution >= 0.6 is 0 Å².